The number of hydrogen-bond acceptors (Lipinski definition) is 4. The van der Waals surface area contributed by atoms with E-state index in [1.165, 1.54) is 0 Å². The van der Waals surface area contributed by atoms with Crippen LogP contribution in [0.4, 0.5) is 0 Å². The molecule has 2 rings (SSSR count). The van der Waals surface area contributed by atoms with E-state index in [2.05, 4.69) is 0 Å². The summed E-state index contributed by atoms with van der Waals surface area (Å²) in [6.45, 7) is 5.61. The van der Waals surface area contributed by atoms with Crippen molar-refractivity contribution in [3.63, 3.8) is 0 Å². The lowest BCUT2D eigenvalue weighted by Crippen LogP contribution is -2.58. The van der Waals surface area contributed by atoms with E-state index in [0.29, 0.717) is 25.9 Å². The number of ether oxygens (including phenoxy) is 2. The Balaban J connectivity index is 2.10. The van der Waals surface area contributed by atoms with Crippen LogP contribution < -0.4 is 0 Å². The zero-order valence-electron chi connectivity index (χ0n) is 12.0. The molecule has 0 unspecified atom stereocenters. The first-order chi connectivity index (χ1) is 9.08. The van der Waals surface area contributed by atoms with Gasteiger partial charge >= 0.3 is 5.97 Å². The summed E-state index contributed by atoms with van der Waals surface area (Å²) in [5, 5.41) is 0. The third-order valence-corrected chi connectivity index (χ3v) is 4.58. The molecule has 0 amide bonds. The maximum atomic E-state index is 12.4. The Kier molecular flexibility index (Phi) is 4.29. The van der Waals surface area contributed by atoms with Crippen molar-refractivity contribution in [2.45, 2.75) is 52.4 Å². The normalized spacial score (nSPS) is 23.7. The number of ketones is 1. The summed E-state index contributed by atoms with van der Waals surface area (Å²) < 4.78 is 10.5. The lowest BCUT2D eigenvalue weighted by Gasteiger charge is -2.55. The molecule has 4 heteroatoms. The van der Waals surface area contributed by atoms with Crippen LogP contribution in [-0.4, -0.2) is 31.6 Å². The van der Waals surface area contributed by atoms with E-state index in [-0.39, 0.29) is 17.2 Å². The number of esters is 1. The minimum Gasteiger partial charge on any atom is -0.465 e. The Bertz CT molecular complexity index is 327. The smallest absolute Gasteiger partial charge is 0.319 e. The van der Waals surface area contributed by atoms with Crippen molar-refractivity contribution in [2.75, 3.05) is 19.8 Å². The molecule has 2 fully saturated rings. The Morgan fingerprint density at radius 2 is 1.79 bits per heavy atom. The molecule has 2 aliphatic rings. The molecule has 108 valence electrons. The Morgan fingerprint density at radius 1 is 1.16 bits per heavy atom. The van der Waals surface area contributed by atoms with Crippen LogP contribution in [0.25, 0.3) is 0 Å². The van der Waals surface area contributed by atoms with Gasteiger partial charge in [-0.3, -0.25) is 9.59 Å². The molecule has 0 aromatic carbocycles. The molecule has 1 aliphatic heterocycles. The maximum absolute atomic E-state index is 12.4. The molecule has 0 bridgehead atoms. The van der Waals surface area contributed by atoms with Crippen LogP contribution in [0.15, 0.2) is 0 Å². The van der Waals surface area contributed by atoms with Crippen molar-refractivity contribution in [1.29, 1.82) is 0 Å². The highest BCUT2D eigenvalue weighted by Crippen LogP contribution is 2.60. The van der Waals surface area contributed by atoms with Crippen LogP contribution >= 0.6 is 0 Å². The summed E-state index contributed by atoms with van der Waals surface area (Å²) in [6, 6.07) is 0. The summed E-state index contributed by atoms with van der Waals surface area (Å²) in [5.74, 6) is -0.226. The molecular weight excluding hydrogens is 244 g/mol. The fourth-order valence-electron chi connectivity index (χ4n) is 3.58. The molecule has 1 saturated heterocycles. The number of Topliss-reactive ketones (excluding diaryl/α,β-unsaturated/α-hetero) is 1. The van der Waals surface area contributed by atoms with E-state index in [4.69, 9.17) is 9.47 Å². The molecule has 1 spiro atoms. The van der Waals surface area contributed by atoms with Gasteiger partial charge in [-0.05, 0) is 44.4 Å². The summed E-state index contributed by atoms with van der Waals surface area (Å²) >= 11 is 0. The molecule has 1 saturated carbocycles. The van der Waals surface area contributed by atoms with Crippen LogP contribution in [0.1, 0.15) is 52.4 Å². The number of carbonyl (C=O) groups excluding carboxylic acids is 2. The van der Waals surface area contributed by atoms with Gasteiger partial charge in [0.1, 0.15) is 11.2 Å². The topological polar surface area (TPSA) is 52.6 Å². The molecular formula is C15H24O4. The van der Waals surface area contributed by atoms with Crippen molar-refractivity contribution in [3.05, 3.63) is 0 Å². The maximum Gasteiger partial charge on any atom is 0.319 e. The van der Waals surface area contributed by atoms with Gasteiger partial charge < -0.3 is 9.47 Å². The Hall–Kier alpha value is -0.900. The average molecular weight is 268 g/mol. The van der Waals surface area contributed by atoms with Crippen LogP contribution in [-0.2, 0) is 19.1 Å². The fraction of sp³-hybridized carbons (Fsp3) is 0.867. The average Bonchev–Trinajstić information content (AvgIpc) is 2.37. The van der Waals surface area contributed by atoms with Crippen molar-refractivity contribution in [3.8, 4) is 0 Å². The molecule has 1 aliphatic carbocycles. The molecule has 0 aromatic rings. The lowest BCUT2D eigenvalue weighted by molar-refractivity contribution is -0.184. The molecule has 19 heavy (non-hydrogen) atoms. The quantitative estimate of drug-likeness (QED) is 0.568. The summed E-state index contributed by atoms with van der Waals surface area (Å²) in [4.78, 5) is 24.6. The predicted octanol–water partition coefficient (Wildman–Crippen LogP) is 2.50. The fourth-order valence-corrected chi connectivity index (χ4v) is 3.58. The SMILES string of the molecule is CCCC(=O)C1(C(=O)OCC)CC2(CCOCC2)C1. The van der Waals surface area contributed by atoms with Crippen molar-refractivity contribution in [1.82, 2.24) is 0 Å². The second-order valence-corrected chi connectivity index (χ2v) is 5.94. The molecule has 0 radical (unpaired) electrons. The highest BCUT2D eigenvalue weighted by atomic mass is 16.5. The van der Waals surface area contributed by atoms with E-state index in [1.807, 2.05) is 6.92 Å². The van der Waals surface area contributed by atoms with Crippen molar-refractivity contribution in [2.24, 2.45) is 10.8 Å². The second-order valence-electron chi connectivity index (χ2n) is 5.94. The standard InChI is InChI=1S/C15H24O4/c1-3-5-12(16)15(13(17)19-4-2)10-14(11-15)6-8-18-9-7-14/h3-11H2,1-2H3. The first-order valence-corrected chi connectivity index (χ1v) is 7.37. The minimum atomic E-state index is -0.844. The van der Waals surface area contributed by atoms with Crippen molar-refractivity contribution < 1.29 is 19.1 Å². The highest BCUT2D eigenvalue weighted by molar-refractivity contribution is 6.05. The van der Waals surface area contributed by atoms with Crippen LogP contribution in [0, 0.1) is 10.8 Å². The van der Waals surface area contributed by atoms with Gasteiger partial charge in [-0.15, -0.1) is 0 Å². The van der Waals surface area contributed by atoms with Crippen molar-refractivity contribution >= 4 is 11.8 Å². The summed E-state index contributed by atoms with van der Waals surface area (Å²) in [7, 11) is 0. The molecule has 4 nitrogen and oxygen atoms in total. The molecule has 0 aromatic heterocycles. The number of rotatable bonds is 5. The summed E-state index contributed by atoms with van der Waals surface area (Å²) in [5.41, 5.74) is -0.697. The number of carbonyl (C=O) groups is 2. The molecule has 1 heterocycles. The first-order valence-electron chi connectivity index (χ1n) is 7.37. The van der Waals surface area contributed by atoms with Gasteiger partial charge in [-0.1, -0.05) is 6.92 Å². The Morgan fingerprint density at radius 3 is 2.32 bits per heavy atom. The third-order valence-electron chi connectivity index (χ3n) is 4.58. The van der Waals surface area contributed by atoms with Gasteiger partial charge in [0.2, 0.25) is 0 Å². The van der Waals surface area contributed by atoms with Gasteiger partial charge in [0.15, 0.2) is 0 Å². The van der Waals surface area contributed by atoms with Gasteiger partial charge in [0.25, 0.3) is 0 Å². The lowest BCUT2D eigenvalue weighted by atomic mass is 9.48. The van der Waals surface area contributed by atoms with Gasteiger partial charge in [0, 0.05) is 19.6 Å². The highest BCUT2D eigenvalue weighted by Gasteiger charge is 2.62. The van der Waals surface area contributed by atoms with Gasteiger partial charge in [0.05, 0.1) is 6.61 Å². The van der Waals surface area contributed by atoms with Gasteiger partial charge in [-0.2, -0.15) is 0 Å². The monoisotopic (exact) mass is 268 g/mol. The molecule has 0 N–H and O–H groups in total. The largest absolute Gasteiger partial charge is 0.465 e. The van der Waals surface area contributed by atoms with Crippen LogP contribution in [0.5, 0.6) is 0 Å². The minimum absolute atomic E-state index is 0.0746. The first kappa shape index (κ1) is 14.5. The van der Waals surface area contributed by atoms with Gasteiger partial charge in [-0.25, -0.2) is 0 Å². The van der Waals surface area contributed by atoms with Crippen LogP contribution in [0.2, 0.25) is 0 Å². The molecule has 0 atom stereocenters. The van der Waals surface area contributed by atoms with E-state index in [1.54, 1.807) is 6.92 Å². The van der Waals surface area contributed by atoms with E-state index >= 15 is 0 Å². The predicted molar refractivity (Wildman–Crippen MR) is 70.7 cm³/mol. The van der Waals surface area contributed by atoms with E-state index in [0.717, 1.165) is 32.5 Å². The second kappa shape index (κ2) is 5.61. The summed E-state index contributed by atoms with van der Waals surface area (Å²) in [6.07, 6.45) is 4.53. The third kappa shape index (κ3) is 2.55. The van der Waals surface area contributed by atoms with E-state index < -0.39 is 5.41 Å². The van der Waals surface area contributed by atoms with E-state index in [9.17, 15) is 9.59 Å². The zero-order chi connectivity index (χ0) is 13.9. The zero-order valence-corrected chi connectivity index (χ0v) is 12.0. The number of hydrogen-bond donors (Lipinski definition) is 0. The van der Waals surface area contributed by atoms with Crippen LogP contribution in [0.3, 0.4) is 0 Å². The Labute approximate surface area is 114 Å².